The standard InChI is InChI=1S/C20H18N2O3S/c23-17-10-16(18-12-24-19(17)25-18)22-15-9-5-4-8-14(15)21(20(22)26)11-13-6-2-1-3-7-13/h1-9,16,18-19H,10-12H2/t16-,18-,19+/m1/s1. The lowest BCUT2D eigenvalue weighted by molar-refractivity contribution is -0.156. The summed E-state index contributed by atoms with van der Waals surface area (Å²) in [6.07, 6.45) is -0.438. The molecule has 6 heteroatoms. The zero-order valence-electron chi connectivity index (χ0n) is 14.1. The highest BCUT2D eigenvalue weighted by atomic mass is 32.1. The van der Waals surface area contributed by atoms with Crippen LogP contribution in [0.3, 0.4) is 0 Å². The third-order valence-corrected chi connectivity index (χ3v) is 5.61. The number of hydrogen-bond donors (Lipinski definition) is 0. The van der Waals surface area contributed by atoms with Crippen molar-refractivity contribution in [2.45, 2.75) is 31.4 Å². The van der Waals surface area contributed by atoms with E-state index in [1.807, 2.05) is 30.3 Å². The Hall–Kier alpha value is -2.28. The van der Waals surface area contributed by atoms with Crippen LogP contribution in [0.5, 0.6) is 0 Å². The van der Waals surface area contributed by atoms with Crippen LogP contribution in [0.15, 0.2) is 54.6 Å². The predicted molar refractivity (Wildman–Crippen MR) is 99.6 cm³/mol. The van der Waals surface area contributed by atoms with Crippen LogP contribution in [0.4, 0.5) is 0 Å². The van der Waals surface area contributed by atoms with Gasteiger partial charge in [-0.2, -0.15) is 0 Å². The van der Waals surface area contributed by atoms with Crippen molar-refractivity contribution < 1.29 is 14.3 Å². The van der Waals surface area contributed by atoms with Gasteiger partial charge in [0.05, 0.1) is 30.2 Å². The van der Waals surface area contributed by atoms with Crippen LogP contribution >= 0.6 is 12.2 Å². The van der Waals surface area contributed by atoms with E-state index < -0.39 is 6.29 Å². The second kappa shape index (κ2) is 6.16. The lowest BCUT2D eigenvalue weighted by Crippen LogP contribution is -2.37. The molecule has 0 saturated carbocycles. The van der Waals surface area contributed by atoms with Crippen LogP contribution in [0.2, 0.25) is 0 Å². The van der Waals surface area contributed by atoms with Gasteiger partial charge >= 0.3 is 0 Å². The molecule has 2 fully saturated rings. The minimum atomic E-state index is -0.692. The summed E-state index contributed by atoms with van der Waals surface area (Å²) in [5.41, 5.74) is 3.28. The fourth-order valence-corrected chi connectivity index (χ4v) is 4.35. The Morgan fingerprint density at radius 1 is 1.04 bits per heavy atom. The van der Waals surface area contributed by atoms with E-state index in [1.165, 1.54) is 5.56 Å². The highest BCUT2D eigenvalue weighted by Crippen LogP contribution is 2.36. The van der Waals surface area contributed by atoms with Gasteiger partial charge in [0.25, 0.3) is 0 Å². The molecule has 0 spiro atoms. The Bertz CT molecular complexity index is 1040. The zero-order valence-corrected chi connectivity index (χ0v) is 14.9. The molecule has 2 aliphatic heterocycles. The van der Waals surface area contributed by atoms with Crippen molar-refractivity contribution in [2.24, 2.45) is 0 Å². The number of carbonyl (C=O) groups is 1. The summed E-state index contributed by atoms with van der Waals surface area (Å²) in [5.74, 6) is -0.00876. The number of imidazole rings is 1. The first kappa shape index (κ1) is 15.9. The molecular weight excluding hydrogens is 348 g/mol. The third-order valence-electron chi connectivity index (χ3n) is 5.20. The Labute approximate surface area is 155 Å². The van der Waals surface area contributed by atoms with E-state index in [9.17, 15) is 4.79 Å². The molecule has 1 aromatic heterocycles. The topological polar surface area (TPSA) is 45.4 Å². The van der Waals surface area contributed by atoms with Gasteiger partial charge in [-0.05, 0) is 29.9 Å². The molecule has 0 unspecified atom stereocenters. The van der Waals surface area contributed by atoms with Crippen LogP contribution in [0.25, 0.3) is 11.0 Å². The molecule has 26 heavy (non-hydrogen) atoms. The van der Waals surface area contributed by atoms with Crippen molar-refractivity contribution in [3.63, 3.8) is 0 Å². The van der Waals surface area contributed by atoms with Gasteiger partial charge in [-0.1, -0.05) is 42.5 Å². The van der Waals surface area contributed by atoms with Crippen LogP contribution < -0.4 is 0 Å². The molecule has 2 aromatic carbocycles. The van der Waals surface area contributed by atoms with Gasteiger partial charge in [0.15, 0.2) is 10.6 Å². The van der Waals surface area contributed by atoms with E-state index in [0.29, 0.717) is 24.3 Å². The first-order valence-electron chi connectivity index (χ1n) is 8.76. The number of aromatic nitrogens is 2. The van der Waals surface area contributed by atoms with Crippen LogP contribution in [0, 0.1) is 4.77 Å². The van der Waals surface area contributed by atoms with E-state index in [2.05, 4.69) is 33.4 Å². The van der Waals surface area contributed by atoms with Crippen LogP contribution in [-0.2, 0) is 20.8 Å². The number of benzene rings is 2. The molecule has 0 amide bonds. The van der Waals surface area contributed by atoms with Gasteiger partial charge in [-0.3, -0.25) is 4.79 Å². The summed E-state index contributed by atoms with van der Waals surface area (Å²) < 4.78 is 16.2. The molecule has 2 saturated heterocycles. The van der Waals surface area contributed by atoms with Gasteiger partial charge in [0.1, 0.15) is 6.10 Å². The predicted octanol–water partition coefficient (Wildman–Crippen LogP) is 3.48. The van der Waals surface area contributed by atoms with Crippen LogP contribution in [0.1, 0.15) is 18.0 Å². The Morgan fingerprint density at radius 2 is 1.77 bits per heavy atom. The maximum atomic E-state index is 12.3. The van der Waals surface area contributed by atoms with E-state index in [-0.39, 0.29) is 17.9 Å². The van der Waals surface area contributed by atoms with Crippen molar-refractivity contribution in [3.8, 4) is 0 Å². The van der Waals surface area contributed by atoms with E-state index in [1.54, 1.807) is 0 Å². The number of para-hydroxylation sites is 2. The molecule has 2 aliphatic rings. The monoisotopic (exact) mass is 366 g/mol. The molecule has 0 aliphatic carbocycles. The first-order valence-corrected chi connectivity index (χ1v) is 9.16. The number of fused-ring (bicyclic) bond motifs is 3. The van der Waals surface area contributed by atoms with E-state index >= 15 is 0 Å². The van der Waals surface area contributed by atoms with Gasteiger partial charge in [-0.15, -0.1) is 0 Å². The number of Topliss-reactive ketones (excluding diaryl/α,β-unsaturated/α-hetero) is 1. The van der Waals surface area contributed by atoms with Gasteiger partial charge < -0.3 is 18.6 Å². The highest BCUT2D eigenvalue weighted by Gasteiger charge is 2.44. The maximum Gasteiger partial charge on any atom is 0.218 e. The number of ether oxygens (including phenoxy) is 2. The van der Waals surface area contributed by atoms with Gasteiger partial charge in [0, 0.05) is 6.42 Å². The van der Waals surface area contributed by atoms with Crippen molar-refractivity contribution in [1.82, 2.24) is 9.13 Å². The summed E-state index contributed by atoms with van der Waals surface area (Å²) in [6.45, 7) is 1.12. The molecule has 132 valence electrons. The fraction of sp³-hybridized carbons (Fsp3) is 0.300. The van der Waals surface area contributed by atoms with Gasteiger partial charge in [-0.25, -0.2) is 0 Å². The average Bonchev–Trinajstić information content (AvgIpc) is 3.21. The minimum Gasteiger partial charge on any atom is -0.343 e. The third kappa shape index (κ3) is 2.45. The Balaban J connectivity index is 1.65. The number of rotatable bonds is 3. The van der Waals surface area contributed by atoms with Crippen molar-refractivity contribution >= 4 is 29.0 Å². The normalized spacial score (nSPS) is 25.1. The van der Waals surface area contributed by atoms with Crippen LogP contribution in [-0.4, -0.2) is 33.9 Å². The van der Waals surface area contributed by atoms with Gasteiger partial charge in [0.2, 0.25) is 6.29 Å². The highest BCUT2D eigenvalue weighted by molar-refractivity contribution is 7.71. The number of carbonyl (C=O) groups excluding carboxylic acids is 1. The van der Waals surface area contributed by atoms with E-state index in [0.717, 1.165) is 11.0 Å². The summed E-state index contributed by atoms with van der Waals surface area (Å²) >= 11 is 5.84. The summed E-state index contributed by atoms with van der Waals surface area (Å²) in [7, 11) is 0. The van der Waals surface area contributed by atoms with Crippen molar-refractivity contribution in [2.75, 3.05) is 6.61 Å². The molecule has 0 N–H and O–H groups in total. The number of ketones is 1. The van der Waals surface area contributed by atoms with Crippen molar-refractivity contribution in [1.29, 1.82) is 0 Å². The maximum absolute atomic E-state index is 12.3. The fourth-order valence-electron chi connectivity index (χ4n) is 3.95. The summed E-state index contributed by atoms with van der Waals surface area (Å²) in [4.78, 5) is 12.3. The number of hydrogen-bond acceptors (Lipinski definition) is 4. The average molecular weight is 366 g/mol. The lowest BCUT2D eigenvalue weighted by atomic mass is 10.0. The molecular formula is C20H18N2O3S. The molecule has 3 heterocycles. The zero-order chi connectivity index (χ0) is 17.7. The summed E-state index contributed by atoms with van der Waals surface area (Å²) in [5, 5.41) is 0. The smallest absolute Gasteiger partial charge is 0.218 e. The first-order chi connectivity index (χ1) is 12.7. The second-order valence-electron chi connectivity index (χ2n) is 6.79. The molecule has 2 bridgehead atoms. The minimum absolute atomic E-state index is 0.00876. The lowest BCUT2D eigenvalue weighted by Gasteiger charge is -2.28. The number of nitrogens with zero attached hydrogens (tertiary/aromatic N) is 2. The van der Waals surface area contributed by atoms with E-state index in [4.69, 9.17) is 21.7 Å². The largest absolute Gasteiger partial charge is 0.343 e. The quantitative estimate of drug-likeness (QED) is 0.666. The molecule has 3 atom stereocenters. The molecule has 5 rings (SSSR count). The molecule has 0 radical (unpaired) electrons. The van der Waals surface area contributed by atoms with Crippen molar-refractivity contribution in [3.05, 3.63) is 64.9 Å². The Kier molecular flexibility index (Phi) is 3.77. The second-order valence-corrected chi connectivity index (χ2v) is 7.16. The SMILES string of the molecule is O=C1C[C@@H](n2c(=S)n(Cc3ccccc3)c3ccccc32)[C@H]2CO[C@H]1O2. The molecule has 3 aromatic rings. The summed E-state index contributed by atoms with van der Waals surface area (Å²) in [6, 6.07) is 18.3. The Morgan fingerprint density at radius 3 is 2.58 bits per heavy atom. The molecule has 5 nitrogen and oxygen atoms in total.